The van der Waals surface area contributed by atoms with Crippen molar-refractivity contribution in [3.8, 4) is 17.6 Å². The van der Waals surface area contributed by atoms with Crippen LogP contribution in [0.4, 0.5) is 4.79 Å². The van der Waals surface area contributed by atoms with Crippen LogP contribution < -0.4 is 9.47 Å². The molecule has 2 aromatic carbocycles. The molecule has 10 heteroatoms. The van der Waals surface area contributed by atoms with Gasteiger partial charge in [0.1, 0.15) is 13.2 Å². The molecule has 2 saturated heterocycles. The fraction of sp³-hybridized carbons (Fsp3) is 0.280. The number of halogens is 1. The van der Waals surface area contributed by atoms with Crippen LogP contribution in [0.5, 0.6) is 11.5 Å². The largest absolute Gasteiger partial charge is 0.493 e. The van der Waals surface area contributed by atoms with E-state index in [-0.39, 0.29) is 24.0 Å². The summed E-state index contributed by atoms with van der Waals surface area (Å²) < 4.78 is 12.0. The van der Waals surface area contributed by atoms with Gasteiger partial charge in [0.05, 0.1) is 28.1 Å². The summed E-state index contributed by atoms with van der Waals surface area (Å²) in [6.07, 6.45) is 3.47. The van der Waals surface area contributed by atoms with Gasteiger partial charge in [-0.1, -0.05) is 18.2 Å². The molecule has 3 amide bonds. The molecule has 180 valence electrons. The summed E-state index contributed by atoms with van der Waals surface area (Å²) >= 11 is 4.29. The molecule has 4 rings (SSSR count). The molecular weight excluding hydrogens is 534 g/mol. The second-order valence-electron chi connectivity index (χ2n) is 7.95. The van der Waals surface area contributed by atoms with Gasteiger partial charge in [-0.15, -0.1) is 0 Å². The van der Waals surface area contributed by atoms with Gasteiger partial charge in [-0.05, 0) is 70.4 Å². The van der Waals surface area contributed by atoms with E-state index in [2.05, 4.69) is 22.0 Å². The fourth-order valence-electron chi connectivity index (χ4n) is 3.86. The number of rotatable bonds is 7. The lowest BCUT2D eigenvalue weighted by molar-refractivity contribution is -0.135. The summed E-state index contributed by atoms with van der Waals surface area (Å²) in [5, 5.41) is 8.82. The summed E-state index contributed by atoms with van der Waals surface area (Å²) in [6.45, 7) is 1.25. The van der Waals surface area contributed by atoms with Crippen LogP contribution in [0, 0.1) is 11.3 Å². The Morgan fingerprint density at radius 1 is 1.23 bits per heavy atom. The van der Waals surface area contributed by atoms with E-state index in [1.54, 1.807) is 35.2 Å². The lowest BCUT2D eigenvalue weighted by atomic mass is 10.1. The zero-order valence-electron chi connectivity index (χ0n) is 19.0. The number of imide groups is 1. The molecule has 0 radical (unpaired) electrons. The number of benzene rings is 2. The first kappa shape index (κ1) is 24.8. The lowest BCUT2D eigenvalue weighted by Gasteiger charge is -2.18. The Balaban J connectivity index is 1.51. The molecule has 2 heterocycles. The topological polar surface area (TPSA) is 99.9 Å². The van der Waals surface area contributed by atoms with E-state index >= 15 is 0 Å². The molecule has 0 bridgehead atoms. The Morgan fingerprint density at radius 2 is 1.97 bits per heavy atom. The molecule has 0 atom stereocenters. The van der Waals surface area contributed by atoms with Crippen LogP contribution in [0.2, 0.25) is 0 Å². The summed E-state index contributed by atoms with van der Waals surface area (Å²) in [7, 11) is 1.50. The number of hydrogen-bond acceptors (Lipinski definition) is 7. The molecule has 0 aliphatic carbocycles. The predicted octanol–water partition coefficient (Wildman–Crippen LogP) is 4.57. The number of nitriles is 1. The lowest BCUT2D eigenvalue weighted by Crippen LogP contribution is -2.40. The van der Waals surface area contributed by atoms with E-state index in [4.69, 9.17) is 9.47 Å². The summed E-state index contributed by atoms with van der Waals surface area (Å²) in [6, 6.07) is 12.7. The number of nitrogens with zero attached hydrogens (tertiary/aromatic N) is 3. The van der Waals surface area contributed by atoms with Gasteiger partial charge in [0, 0.05) is 18.7 Å². The minimum Gasteiger partial charge on any atom is -0.493 e. The SMILES string of the molecule is COc1cc(/C=C2/SC(=O)N(CC(=O)N3CCCC3)C2=O)cc(Br)c1OCc1ccccc1C#N. The Kier molecular flexibility index (Phi) is 7.78. The first-order valence-corrected chi connectivity index (χ1v) is 12.5. The fourth-order valence-corrected chi connectivity index (χ4v) is 5.27. The van der Waals surface area contributed by atoms with Crippen LogP contribution in [0.25, 0.3) is 6.08 Å². The van der Waals surface area contributed by atoms with E-state index in [1.165, 1.54) is 7.11 Å². The highest BCUT2D eigenvalue weighted by Crippen LogP contribution is 2.39. The highest BCUT2D eigenvalue weighted by molar-refractivity contribution is 9.10. The molecule has 2 aromatic rings. The molecule has 0 aromatic heterocycles. The normalized spacial score (nSPS) is 16.7. The first-order chi connectivity index (χ1) is 16.9. The molecule has 2 aliphatic heterocycles. The molecule has 2 aliphatic rings. The molecule has 0 spiro atoms. The van der Waals surface area contributed by atoms with Crippen LogP contribution in [-0.2, 0) is 16.2 Å². The van der Waals surface area contributed by atoms with E-state index in [0.29, 0.717) is 40.2 Å². The third-order valence-electron chi connectivity index (χ3n) is 5.69. The van der Waals surface area contributed by atoms with E-state index in [9.17, 15) is 19.6 Å². The number of amides is 3. The van der Waals surface area contributed by atoms with Gasteiger partial charge in [0.15, 0.2) is 11.5 Å². The van der Waals surface area contributed by atoms with Gasteiger partial charge in [0.25, 0.3) is 11.1 Å². The van der Waals surface area contributed by atoms with E-state index in [0.717, 1.165) is 35.1 Å². The van der Waals surface area contributed by atoms with Gasteiger partial charge in [0.2, 0.25) is 5.91 Å². The second kappa shape index (κ2) is 11.0. The van der Waals surface area contributed by atoms with E-state index < -0.39 is 11.1 Å². The molecule has 0 saturated carbocycles. The Hall–Kier alpha value is -3.29. The van der Waals surface area contributed by atoms with E-state index in [1.807, 2.05) is 12.1 Å². The third kappa shape index (κ3) is 5.52. The number of hydrogen-bond donors (Lipinski definition) is 0. The summed E-state index contributed by atoms with van der Waals surface area (Å²) in [5.41, 5.74) is 1.89. The molecular formula is C25H22BrN3O5S. The highest BCUT2D eigenvalue weighted by atomic mass is 79.9. The standard InChI is InChI=1S/C25H22BrN3O5S/c1-33-20-11-16(10-19(26)23(20)34-15-18-7-3-2-6-17(18)13-27)12-21-24(31)29(25(32)35-21)14-22(30)28-8-4-5-9-28/h2-3,6-7,10-12H,4-5,8-9,14-15H2,1H3/b21-12+. The van der Waals surface area contributed by atoms with Crippen molar-refractivity contribution < 1.29 is 23.9 Å². The Bertz CT molecular complexity index is 1250. The molecule has 8 nitrogen and oxygen atoms in total. The monoisotopic (exact) mass is 555 g/mol. The zero-order valence-corrected chi connectivity index (χ0v) is 21.4. The Morgan fingerprint density at radius 3 is 2.69 bits per heavy atom. The van der Waals surface area contributed by atoms with Crippen LogP contribution in [0.1, 0.15) is 29.5 Å². The third-order valence-corrected chi connectivity index (χ3v) is 7.18. The predicted molar refractivity (Wildman–Crippen MR) is 135 cm³/mol. The number of carbonyl (C=O) groups is 3. The first-order valence-electron chi connectivity index (χ1n) is 10.9. The Labute approximate surface area is 215 Å². The highest BCUT2D eigenvalue weighted by Gasteiger charge is 2.37. The van der Waals surface area contributed by atoms with Gasteiger partial charge in [-0.3, -0.25) is 19.3 Å². The quantitative estimate of drug-likeness (QED) is 0.461. The van der Waals surface area contributed by atoms with Crippen molar-refractivity contribution in [3.05, 3.63) is 62.5 Å². The van der Waals surface area contributed by atoms with Crippen molar-refractivity contribution >= 4 is 50.8 Å². The second-order valence-corrected chi connectivity index (χ2v) is 9.80. The maximum atomic E-state index is 12.8. The van der Waals surface area contributed by atoms with Crippen LogP contribution >= 0.6 is 27.7 Å². The number of ether oxygens (including phenoxy) is 2. The maximum absolute atomic E-state index is 12.8. The van der Waals surface area contributed by atoms with Crippen molar-refractivity contribution in [2.45, 2.75) is 19.4 Å². The minimum absolute atomic E-state index is 0.169. The van der Waals surface area contributed by atoms with Gasteiger partial charge < -0.3 is 14.4 Å². The number of methoxy groups -OCH3 is 1. The minimum atomic E-state index is -0.490. The van der Waals surface area contributed by atoms with Crippen molar-refractivity contribution in [1.82, 2.24) is 9.80 Å². The van der Waals surface area contributed by atoms with Crippen molar-refractivity contribution in [1.29, 1.82) is 5.26 Å². The van der Waals surface area contributed by atoms with Crippen LogP contribution in [-0.4, -0.2) is 53.6 Å². The van der Waals surface area contributed by atoms with Gasteiger partial charge in [-0.2, -0.15) is 5.26 Å². The molecule has 0 unspecified atom stereocenters. The van der Waals surface area contributed by atoms with Crippen LogP contribution in [0.15, 0.2) is 45.8 Å². The number of thioether (sulfide) groups is 1. The van der Waals surface area contributed by atoms with Crippen LogP contribution in [0.3, 0.4) is 0 Å². The summed E-state index contributed by atoms with van der Waals surface area (Å²) in [5.74, 6) is 0.163. The number of carbonyl (C=O) groups excluding carboxylic acids is 3. The zero-order chi connectivity index (χ0) is 24.9. The summed E-state index contributed by atoms with van der Waals surface area (Å²) in [4.78, 5) is 40.6. The molecule has 0 N–H and O–H groups in total. The number of likely N-dealkylation sites (tertiary alicyclic amines) is 1. The van der Waals surface area contributed by atoms with Crippen molar-refractivity contribution in [2.24, 2.45) is 0 Å². The average Bonchev–Trinajstić information content (AvgIpc) is 3.48. The van der Waals surface area contributed by atoms with Crippen molar-refractivity contribution in [2.75, 3.05) is 26.7 Å². The van der Waals surface area contributed by atoms with Gasteiger partial charge in [-0.25, -0.2) is 0 Å². The average molecular weight is 556 g/mol. The smallest absolute Gasteiger partial charge is 0.294 e. The molecule has 2 fully saturated rings. The maximum Gasteiger partial charge on any atom is 0.294 e. The van der Waals surface area contributed by atoms with Gasteiger partial charge >= 0.3 is 0 Å². The molecule has 35 heavy (non-hydrogen) atoms. The van der Waals surface area contributed by atoms with Crippen molar-refractivity contribution in [3.63, 3.8) is 0 Å².